The second-order valence-electron chi connectivity index (χ2n) is 6.79. The summed E-state index contributed by atoms with van der Waals surface area (Å²) in [4.78, 5) is 37.9. The van der Waals surface area contributed by atoms with Crippen LogP contribution in [0.3, 0.4) is 0 Å². The van der Waals surface area contributed by atoms with Gasteiger partial charge in [0.15, 0.2) is 0 Å². The van der Waals surface area contributed by atoms with Gasteiger partial charge < -0.3 is 15.3 Å². The van der Waals surface area contributed by atoms with Gasteiger partial charge in [0.2, 0.25) is 11.8 Å². The van der Waals surface area contributed by atoms with Gasteiger partial charge in [0.1, 0.15) is 12.1 Å². The molecule has 7 heteroatoms. The van der Waals surface area contributed by atoms with E-state index < -0.39 is 18.1 Å². The van der Waals surface area contributed by atoms with Gasteiger partial charge in [-0.3, -0.25) is 9.59 Å². The molecule has 2 amide bonds. The van der Waals surface area contributed by atoms with Gasteiger partial charge >= 0.3 is 5.97 Å². The molecule has 0 radical (unpaired) electrons. The van der Waals surface area contributed by atoms with Crippen LogP contribution in [-0.2, 0) is 20.8 Å². The number of likely N-dealkylation sites (tertiary alicyclic amines) is 1. The summed E-state index contributed by atoms with van der Waals surface area (Å²) in [6.45, 7) is 3.86. The van der Waals surface area contributed by atoms with Crippen LogP contribution >= 0.6 is 12.6 Å². The molecule has 6 nitrogen and oxygen atoms in total. The van der Waals surface area contributed by atoms with Crippen molar-refractivity contribution in [3.63, 3.8) is 0 Å². The number of rotatable bonds is 7. The minimum Gasteiger partial charge on any atom is -0.480 e. The third kappa shape index (κ3) is 5.00. The molecule has 1 aliphatic heterocycles. The van der Waals surface area contributed by atoms with Crippen LogP contribution in [0.5, 0.6) is 0 Å². The molecule has 0 spiro atoms. The van der Waals surface area contributed by atoms with Gasteiger partial charge in [-0.15, -0.1) is 0 Å². The number of aliphatic carboxylic acids is 1. The molecule has 1 saturated heterocycles. The summed E-state index contributed by atoms with van der Waals surface area (Å²) < 4.78 is 0. The van der Waals surface area contributed by atoms with Crippen LogP contribution in [0, 0.1) is 5.92 Å². The summed E-state index contributed by atoms with van der Waals surface area (Å²) >= 11 is 4.43. The molecule has 0 aliphatic carbocycles. The maximum atomic E-state index is 12.7. The number of hydrogen-bond donors (Lipinski definition) is 3. The third-order valence-corrected chi connectivity index (χ3v) is 5.13. The van der Waals surface area contributed by atoms with Gasteiger partial charge in [0.25, 0.3) is 0 Å². The highest BCUT2D eigenvalue weighted by molar-refractivity contribution is 7.81. The number of benzene rings is 1. The summed E-state index contributed by atoms with van der Waals surface area (Å²) in [6, 6.07) is 8.08. The predicted octanol–water partition coefficient (Wildman–Crippen LogP) is 1.74. The van der Waals surface area contributed by atoms with Crippen molar-refractivity contribution >= 4 is 30.4 Å². The zero-order valence-corrected chi connectivity index (χ0v) is 16.0. The van der Waals surface area contributed by atoms with E-state index in [0.717, 1.165) is 5.56 Å². The highest BCUT2D eigenvalue weighted by Crippen LogP contribution is 2.20. The van der Waals surface area contributed by atoms with E-state index in [1.165, 1.54) is 4.90 Å². The van der Waals surface area contributed by atoms with Crippen molar-refractivity contribution in [2.24, 2.45) is 5.92 Å². The van der Waals surface area contributed by atoms with E-state index in [4.69, 9.17) is 0 Å². The molecule has 0 aromatic heterocycles. The quantitative estimate of drug-likeness (QED) is 0.631. The van der Waals surface area contributed by atoms with Crippen molar-refractivity contribution < 1.29 is 19.5 Å². The van der Waals surface area contributed by atoms with Crippen LogP contribution in [0.1, 0.15) is 32.3 Å². The number of hydrogen-bond acceptors (Lipinski definition) is 4. The fourth-order valence-electron chi connectivity index (χ4n) is 3.27. The average molecular weight is 378 g/mol. The van der Waals surface area contributed by atoms with E-state index in [9.17, 15) is 19.5 Å². The van der Waals surface area contributed by atoms with Gasteiger partial charge in [-0.2, -0.15) is 12.6 Å². The van der Waals surface area contributed by atoms with Gasteiger partial charge in [0.05, 0.1) is 5.92 Å². The van der Waals surface area contributed by atoms with Gasteiger partial charge in [-0.05, 0) is 31.7 Å². The molecule has 26 heavy (non-hydrogen) atoms. The fraction of sp³-hybridized carbons (Fsp3) is 0.526. The number of amides is 2. The first kappa shape index (κ1) is 20.3. The molecular formula is C19H26N2O4S. The van der Waals surface area contributed by atoms with Crippen molar-refractivity contribution in [2.45, 2.75) is 50.4 Å². The zero-order chi connectivity index (χ0) is 19.3. The fourth-order valence-corrected chi connectivity index (χ4v) is 3.51. The number of carbonyl (C=O) groups is 3. The summed E-state index contributed by atoms with van der Waals surface area (Å²) in [7, 11) is 0. The van der Waals surface area contributed by atoms with Crippen LogP contribution in [-0.4, -0.2) is 51.7 Å². The molecule has 1 heterocycles. The second-order valence-corrected chi connectivity index (χ2v) is 7.61. The molecule has 0 bridgehead atoms. The lowest BCUT2D eigenvalue weighted by Crippen LogP contribution is -2.52. The van der Waals surface area contributed by atoms with Crippen molar-refractivity contribution in [1.29, 1.82) is 0 Å². The maximum Gasteiger partial charge on any atom is 0.326 e. The molecule has 2 rings (SSSR count). The van der Waals surface area contributed by atoms with E-state index in [0.29, 0.717) is 25.8 Å². The Hall–Kier alpha value is -2.02. The van der Waals surface area contributed by atoms with E-state index in [1.807, 2.05) is 37.3 Å². The van der Waals surface area contributed by atoms with E-state index in [-0.39, 0.29) is 23.0 Å². The van der Waals surface area contributed by atoms with E-state index in [2.05, 4.69) is 17.9 Å². The minimum absolute atomic E-state index is 0.184. The molecule has 142 valence electrons. The summed E-state index contributed by atoms with van der Waals surface area (Å²) in [5.74, 6) is -1.98. The van der Waals surface area contributed by atoms with Crippen molar-refractivity contribution in [2.75, 3.05) is 6.54 Å². The van der Waals surface area contributed by atoms with E-state index in [1.54, 1.807) is 6.92 Å². The first-order valence-electron chi connectivity index (χ1n) is 8.87. The normalized spacial score (nSPS) is 20.3. The average Bonchev–Trinajstić information content (AvgIpc) is 3.09. The summed E-state index contributed by atoms with van der Waals surface area (Å²) in [6.07, 6.45) is 1.64. The first-order chi connectivity index (χ1) is 12.3. The Kier molecular flexibility index (Phi) is 7.08. The second kappa shape index (κ2) is 9.07. The largest absolute Gasteiger partial charge is 0.480 e. The standard InChI is InChI=1S/C19H26N2O4S/c1-12(18(23)21-10-6-9-16(21)19(24)25)20-17(22)15(13(2)26)11-14-7-4-3-5-8-14/h3-5,7-8,12-13,15-16,26H,6,9-11H2,1-2H3,(H,20,22)(H,24,25)/t12-,13-,15+,16-/m0/s1. The lowest BCUT2D eigenvalue weighted by molar-refractivity contribution is -0.149. The van der Waals surface area contributed by atoms with Crippen LogP contribution in [0.15, 0.2) is 30.3 Å². The Labute approximate surface area is 159 Å². The van der Waals surface area contributed by atoms with E-state index >= 15 is 0 Å². The SMILES string of the molecule is C[C@H](NC(=O)[C@H](Cc1ccccc1)[C@H](C)S)C(=O)N1CCC[C@H]1C(=O)O. The minimum atomic E-state index is -1.000. The molecule has 0 unspecified atom stereocenters. The molecular weight excluding hydrogens is 352 g/mol. The predicted molar refractivity (Wildman–Crippen MR) is 102 cm³/mol. The van der Waals surface area contributed by atoms with Crippen LogP contribution in [0.4, 0.5) is 0 Å². The number of nitrogens with one attached hydrogen (secondary N) is 1. The lowest BCUT2D eigenvalue weighted by atomic mass is 9.95. The highest BCUT2D eigenvalue weighted by atomic mass is 32.1. The summed E-state index contributed by atoms with van der Waals surface area (Å²) in [5.41, 5.74) is 1.03. The Balaban J connectivity index is 2.01. The van der Waals surface area contributed by atoms with Crippen molar-refractivity contribution in [3.8, 4) is 0 Å². The van der Waals surface area contributed by atoms with Crippen LogP contribution < -0.4 is 5.32 Å². The molecule has 1 aromatic rings. The first-order valence-corrected chi connectivity index (χ1v) is 9.38. The number of nitrogens with zero attached hydrogens (tertiary/aromatic N) is 1. The van der Waals surface area contributed by atoms with Gasteiger partial charge in [-0.25, -0.2) is 4.79 Å². The molecule has 2 N–H and O–H groups in total. The Morgan fingerprint density at radius 2 is 1.92 bits per heavy atom. The smallest absolute Gasteiger partial charge is 0.326 e. The number of carboxylic acids is 1. The topological polar surface area (TPSA) is 86.7 Å². The Morgan fingerprint density at radius 3 is 2.50 bits per heavy atom. The maximum absolute atomic E-state index is 12.7. The van der Waals surface area contributed by atoms with Crippen molar-refractivity contribution in [3.05, 3.63) is 35.9 Å². The highest BCUT2D eigenvalue weighted by Gasteiger charge is 2.36. The molecule has 4 atom stereocenters. The Bertz CT molecular complexity index is 650. The Morgan fingerprint density at radius 1 is 1.27 bits per heavy atom. The zero-order valence-electron chi connectivity index (χ0n) is 15.1. The number of carboxylic acid groups (broad SMARTS) is 1. The van der Waals surface area contributed by atoms with Crippen LogP contribution in [0.25, 0.3) is 0 Å². The van der Waals surface area contributed by atoms with Gasteiger partial charge in [0, 0.05) is 11.8 Å². The number of carbonyl (C=O) groups excluding carboxylic acids is 2. The molecule has 0 saturated carbocycles. The van der Waals surface area contributed by atoms with Crippen molar-refractivity contribution in [1.82, 2.24) is 10.2 Å². The molecule has 1 aliphatic rings. The van der Waals surface area contributed by atoms with Gasteiger partial charge in [-0.1, -0.05) is 37.3 Å². The molecule has 1 fully saturated rings. The lowest BCUT2D eigenvalue weighted by Gasteiger charge is -2.27. The van der Waals surface area contributed by atoms with Crippen LogP contribution in [0.2, 0.25) is 0 Å². The third-order valence-electron chi connectivity index (χ3n) is 4.77. The molecule has 1 aromatic carbocycles. The summed E-state index contributed by atoms with van der Waals surface area (Å²) in [5, 5.41) is 11.8. The number of thiol groups is 1. The monoisotopic (exact) mass is 378 g/mol.